The number of rotatable bonds is 4. The zero-order valence-electron chi connectivity index (χ0n) is 12.0. The van der Waals surface area contributed by atoms with Crippen LogP contribution in [0, 0.1) is 5.92 Å². The molecule has 0 saturated heterocycles. The van der Waals surface area contributed by atoms with Crippen molar-refractivity contribution in [3.8, 4) is 0 Å². The molecule has 108 valence electrons. The second kappa shape index (κ2) is 5.94. The number of aryl methyl sites for hydroxylation is 2. The van der Waals surface area contributed by atoms with Crippen LogP contribution in [-0.4, -0.2) is 35.4 Å². The van der Waals surface area contributed by atoms with Crippen molar-refractivity contribution in [2.24, 2.45) is 16.8 Å². The lowest BCUT2D eigenvalue weighted by Crippen LogP contribution is -2.36. The minimum absolute atomic E-state index is 0.0303. The first-order valence-corrected chi connectivity index (χ1v) is 6.87. The number of nitrogens with zero attached hydrogens (tertiary/aromatic N) is 2. The third kappa shape index (κ3) is 2.92. The average Bonchev–Trinajstić information content (AvgIpc) is 2.92. The molecule has 5 heteroatoms. The summed E-state index contributed by atoms with van der Waals surface area (Å²) < 4.78 is 0. The molecule has 0 aliphatic heterocycles. The van der Waals surface area contributed by atoms with Crippen LogP contribution >= 0.6 is 0 Å². The van der Waals surface area contributed by atoms with E-state index in [4.69, 9.17) is 10.9 Å². The number of carbonyl (C=O) groups is 1. The summed E-state index contributed by atoms with van der Waals surface area (Å²) in [5.41, 5.74) is 8.89. The Labute approximate surface area is 119 Å². The smallest absolute Gasteiger partial charge is 0.253 e. The van der Waals surface area contributed by atoms with Gasteiger partial charge in [0.2, 0.25) is 0 Å². The first-order chi connectivity index (χ1) is 9.52. The van der Waals surface area contributed by atoms with Crippen LogP contribution in [0.1, 0.15) is 34.8 Å². The van der Waals surface area contributed by atoms with Gasteiger partial charge in [-0.25, -0.2) is 0 Å². The molecule has 0 saturated carbocycles. The van der Waals surface area contributed by atoms with Crippen LogP contribution in [0.4, 0.5) is 0 Å². The van der Waals surface area contributed by atoms with Crippen molar-refractivity contribution in [2.45, 2.75) is 26.2 Å². The summed E-state index contributed by atoms with van der Waals surface area (Å²) >= 11 is 0. The zero-order valence-corrected chi connectivity index (χ0v) is 12.0. The maximum atomic E-state index is 12.4. The number of benzene rings is 1. The molecule has 20 heavy (non-hydrogen) atoms. The maximum absolute atomic E-state index is 12.4. The number of carbonyl (C=O) groups excluding carboxylic acids is 1. The van der Waals surface area contributed by atoms with Crippen molar-refractivity contribution in [3.63, 3.8) is 0 Å². The van der Waals surface area contributed by atoms with Crippen LogP contribution < -0.4 is 5.73 Å². The summed E-state index contributed by atoms with van der Waals surface area (Å²) in [7, 11) is 1.73. The van der Waals surface area contributed by atoms with Gasteiger partial charge in [0.25, 0.3) is 5.91 Å². The fourth-order valence-electron chi connectivity index (χ4n) is 2.61. The molecule has 2 rings (SSSR count). The van der Waals surface area contributed by atoms with E-state index in [9.17, 15) is 4.79 Å². The molecule has 3 N–H and O–H groups in total. The highest BCUT2D eigenvalue weighted by molar-refractivity contribution is 5.94. The van der Waals surface area contributed by atoms with Crippen LogP contribution in [-0.2, 0) is 12.8 Å². The number of oxime groups is 1. The summed E-state index contributed by atoms with van der Waals surface area (Å²) in [6.45, 7) is 2.24. The Morgan fingerprint density at radius 1 is 1.45 bits per heavy atom. The summed E-state index contributed by atoms with van der Waals surface area (Å²) in [6, 6.07) is 5.93. The SMILES string of the molecule is CC(CN(C)C(=O)c1ccc2c(c1)CCC2)C(N)=NO. The molecule has 1 amide bonds. The summed E-state index contributed by atoms with van der Waals surface area (Å²) in [5.74, 6) is -0.0701. The van der Waals surface area contributed by atoms with Crippen molar-refractivity contribution >= 4 is 11.7 Å². The van der Waals surface area contributed by atoms with Gasteiger partial charge in [-0.15, -0.1) is 0 Å². The third-order valence-electron chi connectivity index (χ3n) is 3.86. The lowest BCUT2D eigenvalue weighted by Gasteiger charge is -2.21. The first-order valence-electron chi connectivity index (χ1n) is 6.87. The summed E-state index contributed by atoms with van der Waals surface area (Å²) in [5, 5.41) is 11.6. The van der Waals surface area contributed by atoms with Crippen molar-refractivity contribution in [1.29, 1.82) is 0 Å². The van der Waals surface area contributed by atoms with Crippen LogP contribution in [0.25, 0.3) is 0 Å². The van der Waals surface area contributed by atoms with Crippen LogP contribution in [0.5, 0.6) is 0 Å². The monoisotopic (exact) mass is 275 g/mol. The Morgan fingerprint density at radius 3 is 2.85 bits per heavy atom. The standard InChI is InChI=1S/C15H21N3O2/c1-10(14(16)17-20)9-18(2)15(19)13-7-6-11-4-3-5-12(11)8-13/h6-8,10,20H,3-5,9H2,1-2H3,(H2,16,17). The van der Waals surface area contributed by atoms with Gasteiger partial charge in [0, 0.05) is 25.1 Å². The molecular formula is C15H21N3O2. The molecule has 1 aliphatic carbocycles. The number of fused-ring (bicyclic) bond motifs is 1. The van der Waals surface area contributed by atoms with E-state index in [1.54, 1.807) is 11.9 Å². The largest absolute Gasteiger partial charge is 0.409 e. The highest BCUT2D eigenvalue weighted by atomic mass is 16.4. The maximum Gasteiger partial charge on any atom is 0.253 e. The lowest BCUT2D eigenvalue weighted by atomic mass is 10.0. The van der Waals surface area contributed by atoms with Gasteiger partial charge in [-0.2, -0.15) is 0 Å². The van der Waals surface area contributed by atoms with E-state index in [0.29, 0.717) is 12.1 Å². The van der Waals surface area contributed by atoms with E-state index in [1.807, 2.05) is 19.1 Å². The minimum Gasteiger partial charge on any atom is -0.409 e. The molecule has 0 radical (unpaired) electrons. The van der Waals surface area contributed by atoms with Crippen molar-refractivity contribution in [3.05, 3.63) is 34.9 Å². The Kier molecular flexibility index (Phi) is 4.27. The fraction of sp³-hybridized carbons (Fsp3) is 0.467. The molecular weight excluding hydrogens is 254 g/mol. The van der Waals surface area contributed by atoms with E-state index in [1.165, 1.54) is 17.5 Å². The van der Waals surface area contributed by atoms with Crippen LogP contribution in [0.3, 0.4) is 0 Å². The van der Waals surface area contributed by atoms with E-state index >= 15 is 0 Å². The molecule has 5 nitrogen and oxygen atoms in total. The molecule has 0 heterocycles. The van der Waals surface area contributed by atoms with E-state index in [2.05, 4.69) is 11.2 Å². The molecule has 1 aliphatic rings. The van der Waals surface area contributed by atoms with Crippen molar-refractivity contribution < 1.29 is 10.0 Å². The fourth-order valence-corrected chi connectivity index (χ4v) is 2.61. The van der Waals surface area contributed by atoms with Gasteiger partial charge in [0.15, 0.2) is 0 Å². The minimum atomic E-state index is -0.177. The number of amides is 1. The second-order valence-corrected chi connectivity index (χ2v) is 5.45. The van der Waals surface area contributed by atoms with E-state index < -0.39 is 0 Å². The summed E-state index contributed by atoms with van der Waals surface area (Å²) in [4.78, 5) is 14.0. The van der Waals surface area contributed by atoms with Gasteiger partial charge >= 0.3 is 0 Å². The van der Waals surface area contributed by atoms with E-state index in [0.717, 1.165) is 12.8 Å². The first kappa shape index (κ1) is 14.4. The highest BCUT2D eigenvalue weighted by Gasteiger charge is 2.19. The lowest BCUT2D eigenvalue weighted by molar-refractivity contribution is 0.0786. The molecule has 0 spiro atoms. The topological polar surface area (TPSA) is 78.9 Å². The Morgan fingerprint density at radius 2 is 2.15 bits per heavy atom. The van der Waals surface area contributed by atoms with Crippen molar-refractivity contribution in [1.82, 2.24) is 4.90 Å². The van der Waals surface area contributed by atoms with Gasteiger partial charge in [-0.1, -0.05) is 18.1 Å². The molecule has 0 aromatic heterocycles. The molecule has 1 atom stereocenters. The van der Waals surface area contributed by atoms with Gasteiger partial charge in [0.1, 0.15) is 5.84 Å². The van der Waals surface area contributed by atoms with Gasteiger partial charge in [0.05, 0.1) is 0 Å². The second-order valence-electron chi connectivity index (χ2n) is 5.45. The Bertz CT molecular complexity index is 540. The Hall–Kier alpha value is -2.04. The predicted octanol–water partition coefficient (Wildman–Crippen LogP) is 1.63. The molecule has 1 aromatic rings. The number of nitrogens with two attached hydrogens (primary N) is 1. The third-order valence-corrected chi connectivity index (χ3v) is 3.86. The summed E-state index contributed by atoms with van der Waals surface area (Å²) in [6.07, 6.45) is 3.34. The average molecular weight is 275 g/mol. The molecule has 1 unspecified atom stereocenters. The van der Waals surface area contributed by atoms with Crippen LogP contribution in [0.2, 0.25) is 0 Å². The number of amidine groups is 1. The zero-order chi connectivity index (χ0) is 14.7. The Balaban J connectivity index is 2.07. The van der Waals surface area contributed by atoms with E-state index in [-0.39, 0.29) is 17.7 Å². The van der Waals surface area contributed by atoms with Gasteiger partial charge in [-0.3, -0.25) is 4.79 Å². The quantitative estimate of drug-likeness (QED) is 0.379. The van der Waals surface area contributed by atoms with Gasteiger partial charge < -0.3 is 15.8 Å². The normalized spacial score (nSPS) is 15.8. The van der Waals surface area contributed by atoms with Crippen molar-refractivity contribution in [2.75, 3.05) is 13.6 Å². The molecule has 0 fully saturated rings. The van der Waals surface area contributed by atoms with Gasteiger partial charge in [-0.05, 0) is 42.5 Å². The number of hydrogen-bond donors (Lipinski definition) is 2. The molecule has 1 aromatic carbocycles. The van der Waals surface area contributed by atoms with Crippen LogP contribution in [0.15, 0.2) is 23.4 Å². The highest BCUT2D eigenvalue weighted by Crippen LogP contribution is 2.23. The number of hydrogen-bond acceptors (Lipinski definition) is 3. The molecule has 0 bridgehead atoms. The predicted molar refractivity (Wildman–Crippen MR) is 78.0 cm³/mol.